The molecule has 1 aliphatic carbocycles. The van der Waals surface area contributed by atoms with Gasteiger partial charge < -0.3 is 5.73 Å². The van der Waals surface area contributed by atoms with Gasteiger partial charge in [0.2, 0.25) is 0 Å². The minimum Gasteiger partial charge on any atom is -0.399 e. The van der Waals surface area contributed by atoms with Crippen molar-refractivity contribution in [3.8, 4) is 0 Å². The van der Waals surface area contributed by atoms with Crippen molar-refractivity contribution in [1.29, 1.82) is 0 Å². The van der Waals surface area contributed by atoms with Crippen LogP contribution >= 0.6 is 0 Å². The molecule has 4 heteroatoms. The van der Waals surface area contributed by atoms with Crippen LogP contribution in [0, 0.1) is 6.92 Å². The molecule has 0 aliphatic heterocycles. The summed E-state index contributed by atoms with van der Waals surface area (Å²) in [5.41, 5.74) is 8.75. The van der Waals surface area contributed by atoms with Crippen LogP contribution in [0.25, 0.3) is 5.57 Å². The van der Waals surface area contributed by atoms with Crippen molar-refractivity contribution >= 4 is 11.3 Å². The molecule has 1 heterocycles. The summed E-state index contributed by atoms with van der Waals surface area (Å²) in [4.78, 5) is 4.31. The molecule has 2 nitrogen and oxygen atoms in total. The van der Waals surface area contributed by atoms with Crippen molar-refractivity contribution in [3.63, 3.8) is 0 Å². The van der Waals surface area contributed by atoms with Crippen LogP contribution in [-0.4, -0.2) is 10.9 Å². The summed E-state index contributed by atoms with van der Waals surface area (Å²) >= 11 is 0. The lowest BCUT2D eigenvalue weighted by Gasteiger charge is -2.21. The second-order valence-corrected chi connectivity index (χ2v) is 4.22. The van der Waals surface area contributed by atoms with E-state index in [4.69, 9.17) is 5.73 Å². The number of anilines is 1. The minimum atomic E-state index is -2.56. The largest absolute Gasteiger partial charge is 0.399 e. The first kappa shape index (κ1) is 11.0. The van der Waals surface area contributed by atoms with Crippen LogP contribution in [0.4, 0.5) is 14.5 Å². The highest BCUT2D eigenvalue weighted by molar-refractivity contribution is 5.66. The standard InChI is InChI=1S/C12H14F2N2/c1-8-6-10(15)7-11(16-8)9-2-4-12(13,14)5-3-9/h2,6-7H,3-5H2,1H3,(H2,15,16). The fourth-order valence-corrected chi connectivity index (χ4v) is 1.89. The first-order chi connectivity index (χ1) is 7.46. The average molecular weight is 224 g/mol. The quantitative estimate of drug-likeness (QED) is 0.795. The number of pyridine rings is 1. The van der Waals surface area contributed by atoms with Gasteiger partial charge in [0.05, 0.1) is 5.69 Å². The Labute approximate surface area is 93.2 Å². The van der Waals surface area contributed by atoms with Gasteiger partial charge in [-0.2, -0.15) is 0 Å². The molecule has 0 amide bonds. The van der Waals surface area contributed by atoms with E-state index in [0.29, 0.717) is 12.1 Å². The number of allylic oxidation sites excluding steroid dienone is 2. The third-order valence-electron chi connectivity index (χ3n) is 2.71. The van der Waals surface area contributed by atoms with E-state index in [1.165, 1.54) is 0 Å². The molecule has 1 aromatic rings. The number of aryl methyl sites for hydroxylation is 1. The van der Waals surface area contributed by atoms with Crippen molar-refractivity contribution in [3.05, 3.63) is 29.6 Å². The molecule has 0 atom stereocenters. The Balaban J connectivity index is 2.29. The molecule has 0 saturated heterocycles. The number of hydrogen-bond acceptors (Lipinski definition) is 2. The van der Waals surface area contributed by atoms with E-state index in [0.717, 1.165) is 17.0 Å². The summed E-state index contributed by atoms with van der Waals surface area (Å²) < 4.78 is 25.9. The predicted octanol–water partition coefficient (Wildman–Crippen LogP) is 3.17. The lowest BCUT2D eigenvalue weighted by Crippen LogP contribution is -2.18. The summed E-state index contributed by atoms with van der Waals surface area (Å²) in [6.07, 6.45) is 1.64. The second-order valence-electron chi connectivity index (χ2n) is 4.22. The molecule has 0 aromatic carbocycles. The van der Waals surface area contributed by atoms with Crippen LogP contribution in [0.15, 0.2) is 18.2 Å². The van der Waals surface area contributed by atoms with E-state index in [2.05, 4.69) is 4.98 Å². The maximum Gasteiger partial charge on any atom is 0.251 e. The third kappa shape index (κ3) is 2.38. The van der Waals surface area contributed by atoms with Crippen molar-refractivity contribution in [1.82, 2.24) is 4.98 Å². The SMILES string of the molecule is Cc1cc(N)cc(C2=CCC(F)(F)CC2)n1. The Hall–Kier alpha value is -1.45. The average Bonchev–Trinajstić information content (AvgIpc) is 2.15. The Morgan fingerprint density at radius 2 is 2.12 bits per heavy atom. The fraction of sp³-hybridized carbons (Fsp3) is 0.417. The molecular weight excluding hydrogens is 210 g/mol. The van der Waals surface area contributed by atoms with Gasteiger partial charge in [-0.15, -0.1) is 0 Å². The van der Waals surface area contributed by atoms with Crippen molar-refractivity contribution in [2.45, 2.75) is 32.1 Å². The molecule has 0 spiro atoms. The topological polar surface area (TPSA) is 38.9 Å². The maximum absolute atomic E-state index is 13.0. The number of nitrogen functional groups attached to an aromatic ring is 1. The summed E-state index contributed by atoms with van der Waals surface area (Å²) in [5.74, 6) is -2.56. The normalized spacial score (nSPS) is 19.3. The molecule has 0 saturated carbocycles. The number of halogens is 2. The molecule has 2 rings (SSSR count). The summed E-state index contributed by atoms with van der Waals surface area (Å²) in [6, 6.07) is 3.50. The van der Waals surface area contributed by atoms with Gasteiger partial charge in [0.15, 0.2) is 0 Å². The molecule has 2 N–H and O–H groups in total. The molecule has 86 valence electrons. The Morgan fingerprint density at radius 1 is 1.38 bits per heavy atom. The number of aromatic nitrogens is 1. The zero-order valence-corrected chi connectivity index (χ0v) is 9.13. The molecule has 0 radical (unpaired) electrons. The van der Waals surface area contributed by atoms with E-state index < -0.39 is 5.92 Å². The Bertz CT molecular complexity index is 418. The van der Waals surface area contributed by atoms with Crippen LogP contribution in [0.2, 0.25) is 0 Å². The highest BCUT2D eigenvalue weighted by Crippen LogP contribution is 2.35. The first-order valence-electron chi connectivity index (χ1n) is 5.28. The predicted molar refractivity (Wildman–Crippen MR) is 60.2 cm³/mol. The van der Waals surface area contributed by atoms with E-state index >= 15 is 0 Å². The Kier molecular flexibility index (Phi) is 2.66. The van der Waals surface area contributed by atoms with Gasteiger partial charge in [0.1, 0.15) is 0 Å². The van der Waals surface area contributed by atoms with Crippen LogP contribution < -0.4 is 5.73 Å². The zero-order chi connectivity index (χ0) is 11.8. The highest BCUT2D eigenvalue weighted by atomic mass is 19.3. The van der Waals surface area contributed by atoms with E-state index in [9.17, 15) is 8.78 Å². The van der Waals surface area contributed by atoms with Gasteiger partial charge in [-0.3, -0.25) is 4.98 Å². The highest BCUT2D eigenvalue weighted by Gasteiger charge is 2.31. The summed E-state index contributed by atoms with van der Waals surface area (Å²) in [5, 5.41) is 0. The van der Waals surface area contributed by atoms with Crippen LogP contribution in [0.5, 0.6) is 0 Å². The lowest BCUT2D eigenvalue weighted by molar-refractivity contribution is -0.00605. The fourth-order valence-electron chi connectivity index (χ4n) is 1.89. The van der Waals surface area contributed by atoms with Gasteiger partial charge in [0.25, 0.3) is 5.92 Å². The van der Waals surface area contributed by atoms with Gasteiger partial charge in [-0.05, 0) is 31.1 Å². The summed E-state index contributed by atoms with van der Waals surface area (Å²) in [7, 11) is 0. The van der Waals surface area contributed by atoms with E-state index in [1.54, 1.807) is 18.2 Å². The molecule has 0 unspecified atom stereocenters. The summed E-state index contributed by atoms with van der Waals surface area (Å²) in [6.45, 7) is 1.85. The molecule has 1 aliphatic rings. The number of alkyl halides is 2. The van der Waals surface area contributed by atoms with Crippen molar-refractivity contribution < 1.29 is 8.78 Å². The minimum absolute atomic E-state index is 0.103. The number of rotatable bonds is 1. The molecule has 0 bridgehead atoms. The van der Waals surface area contributed by atoms with Crippen LogP contribution in [-0.2, 0) is 0 Å². The van der Waals surface area contributed by atoms with E-state index in [-0.39, 0.29) is 12.8 Å². The van der Waals surface area contributed by atoms with Gasteiger partial charge in [-0.25, -0.2) is 8.78 Å². The molecular formula is C12H14F2N2. The zero-order valence-electron chi connectivity index (χ0n) is 9.13. The first-order valence-corrected chi connectivity index (χ1v) is 5.28. The lowest BCUT2D eigenvalue weighted by atomic mass is 9.94. The molecule has 16 heavy (non-hydrogen) atoms. The number of hydrogen-bond donors (Lipinski definition) is 1. The monoisotopic (exact) mass is 224 g/mol. The van der Waals surface area contributed by atoms with Crippen LogP contribution in [0.1, 0.15) is 30.7 Å². The molecule has 1 aromatic heterocycles. The smallest absolute Gasteiger partial charge is 0.251 e. The van der Waals surface area contributed by atoms with Crippen molar-refractivity contribution in [2.24, 2.45) is 0 Å². The maximum atomic E-state index is 13.0. The number of nitrogens with two attached hydrogens (primary N) is 1. The number of nitrogens with zero attached hydrogens (tertiary/aromatic N) is 1. The van der Waals surface area contributed by atoms with Crippen molar-refractivity contribution in [2.75, 3.05) is 5.73 Å². The van der Waals surface area contributed by atoms with Gasteiger partial charge >= 0.3 is 0 Å². The third-order valence-corrected chi connectivity index (χ3v) is 2.71. The second kappa shape index (κ2) is 3.85. The van der Waals surface area contributed by atoms with E-state index in [1.807, 2.05) is 6.92 Å². The van der Waals surface area contributed by atoms with Gasteiger partial charge in [0, 0.05) is 24.2 Å². The Morgan fingerprint density at radius 3 is 2.69 bits per heavy atom. The molecule has 0 fully saturated rings. The van der Waals surface area contributed by atoms with Crippen LogP contribution in [0.3, 0.4) is 0 Å². The van der Waals surface area contributed by atoms with Gasteiger partial charge in [-0.1, -0.05) is 6.08 Å².